The van der Waals surface area contributed by atoms with E-state index in [1.807, 2.05) is 97.1 Å². The predicted molar refractivity (Wildman–Crippen MR) is 126 cm³/mol. The average molecular weight is 404 g/mol. The maximum Gasteiger partial charge on any atom is 0.256 e. The van der Waals surface area contributed by atoms with E-state index in [0.29, 0.717) is 5.56 Å². The number of nitrogens with one attached hydrogen (secondary N) is 1. The highest BCUT2D eigenvalue weighted by molar-refractivity contribution is 6.15. The fraction of sp³-hybridized carbons (Fsp3) is 0.0370. The Kier molecular flexibility index (Phi) is 4.81. The molecule has 31 heavy (non-hydrogen) atoms. The van der Waals surface area contributed by atoms with Gasteiger partial charge in [0, 0.05) is 22.0 Å². The van der Waals surface area contributed by atoms with Crippen molar-refractivity contribution in [2.45, 2.75) is 0 Å². The van der Waals surface area contributed by atoms with Crippen LogP contribution in [-0.2, 0) is 0 Å². The van der Waals surface area contributed by atoms with E-state index in [-0.39, 0.29) is 5.91 Å². The van der Waals surface area contributed by atoms with Gasteiger partial charge >= 0.3 is 0 Å². The third-order valence-electron chi connectivity index (χ3n) is 5.38. The molecule has 1 heterocycles. The van der Waals surface area contributed by atoms with E-state index in [4.69, 9.17) is 9.72 Å². The highest BCUT2D eigenvalue weighted by Crippen LogP contribution is 2.28. The van der Waals surface area contributed by atoms with Crippen molar-refractivity contribution in [3.05, 3.63) is 103 Å². The van der Waals surface area contributed by atoms with Crippen LogP contribution in [0.3, 0.4) is 0 Å². The molecule has 4 aromatic carbocycles. The summed E-state index contributed by atoms with van der Waals surface area (Å²) in [6.45, 7) is 0. The molecule has 0 aliphatic carbocycles. The van der Waals surface area contributed by atoms with Crippen LogP contribution in [0.2, 0.25) is 0 Å². The molecule has 0 fully saturated rings. The second kappa shape index (κ2) is 7.92. The number of amides is 1. The van der Waals surface area contributed by atoms with Crippen LogP contribution in [0.15, 0.2) is 97.1 Å². The summed E-state index contributed by atoms with van der Waals surface area (Å²) in [5.74, 6) is 0.614. The predicted octanol–water partition coefficient (Wildman–Crippen LogP) is 6.32. The summed E-state index contributed by atoms with van der Waals surface area (Å²) in [7, 11) is 1.64. The molecule has 0 saturated carbocycles. The van der Waals surface area contributed by atoms with Gasteiger partial charge in [0.2, 0.25) is 0 Å². The normalized spacial score (nSPS) is 10.9. The van der Waals surface area contributed by atoms with E-state index < -0.39 is 0 Å². The number of pyridine rings is 1. The quantitative estimate of drug-likeness (QED) is 0.381. The summed E-state index contributed by atoms with van der Waals surface area (Å²) in [6.07, 6.45) is 0. The van der Waals surface area contributed by atoms with Gasteiger partial charge in [0.05, 0.1) is 23.9 Å². The van der Waals surface area contributed by atoms with Crippen LogP contribution in [0.5, 0.6) is 5.75 Å². The van der Waals surface area contributed by atoms with Gasteiger partial charge in [-0.25, -0.2) is 4.98 Å². The van der Waals surface area contributed by atoms with Crippen molar-refractivity contribution in [2.75, 3.05) is 12.4 Å². The molecule has 0 unspecified atom stereocenters. The first-order valence-electron chi connectivity index (χ1n) is 10.1. The van der Waals surface area contributed by atoms with E-state index in [2.05, 4.69) is 5.32 Å². The van der Waals surface area contributed by atoms with E-state index in [9.17, 15) is 4.79 Å². The van der Waals surface area contributed by atoms with Gasteiger partial charge in [-0.05, 0) is 47.9 Å². The van der Waals surface area contributed by atoms with Gasteiger partial charge in [-0.1, -0.05) is 54.6 Å². The van der Waals surface area contributed by atoms with Crippen molar-refractivity contribution in [1.29, 1.82) is 0 Å². The number of ether oxygens (including phenoxy) is 1. The van der Waals surface area contributed by atoms with Gasteiger partial charge in [-0.3, -0.25) is 4.79 Å². The molecule has 1 amide bonds. The highest BCUT2D eigenvalue weighted by atomic mass is 16.5. The first kappa shape index (κ1) is 18.8. The highest BCUT2D eigenvalue weighted by Gasteiger charge is 2.15. The monoisotopic (exact) mass is 404 g/mol. The molecular formula is C27H20N2O2. The second-order valence-corrected chi connectivity index (χ2v) is 7.28. The minimum absolute atomic E-state index is 0.162. The van der Waals surface area contributed by atoms with Crippen molar-refractivity contribution < 1.29 is 9.53 Å². The van der Waals surface area contributed by atoms with Crippen LogP contribution in [0.25, 0.3) is 32.9 Å². The van der Waals surface area contributed by atoms with Crippen molar-refractivity contribution in [1.82, 2.24) is 4.98 Å². The lowest BCUT2D eigenvalue weighted by molar-refractivity contribution is 0.102. The zero-order chi connectivity index (χ0) is 21.2. The molecule has 150 valence electrons. The molecule has 4 nitrogen and oxygen atoms in total. The molecule has 1 N–H and O–H groups in total. The fourth-order valence-electron chi connectivity index (χ4n) is 3.80. The maximum atomic E-state index is 13.4. The molecule has 0 atom stereocenters. The summed E-state index contributed by atoms with van der Waals surface area (Å²) in [6, 6.07) is 31.2. The van der Waals surface area contributed by atoms with Crippen LogP contribution >= 0.6 is 0 Å². The van der Waals surface area contributed by atoms with Crippen LogP contribution < -0.4 is 10.1 Å². The Labute approximate surface area is 180 Å². The number of aromatic nitrogens is 1. The Bertz CT molecular complexity index is 1400. The van der Waals surface area contributed by atoms with Gasteiger partial charge < -0.3 is 10.1 Å². The van der Waals surface area contributed by atoms with Crippen LogP contribution in [0.4, 0.5) is 5.69 Å². The third-order valence-corrected chi connectivity index (χ3v) is 5.38. The van der Waals surface area contributed by atoms with E-state index in [1.54, 1.807) is 7.11 Å². The number of fused-ring (bicyclic) bond motifs is 2. The van der Waals surface area contributed by atoms with Gasteiger partial charge in [-0.15, -0.1) is 0 Å². The number of nitrogens with zero attached hydrogens (tertiary/aromatic N) is 1. The number of rotatable bonds is 4. The molecular weight excluding hydrogens is 384 g/mol. The van der Waals surface area contributed by atoms with E-state index >= 15 is 0 Å². The number of anilines is 1. The third kappa shape index (κ3) is 3.60. The molecule has 4 heteroatoms. The lowest BCUT2D eigenvalue weighted by atomic mass is 10.0. The second-order valence-electron chi connectivity index (χ2n) is 7.28. The number of hydrogen-bond acceptors (Lipinski definition) is 3. The number of hydrogen-bond donors (Lipinski definition) is 1. The van der Waals surface area contributed by atoms with Crippen molar-refractivity contribution >= 4 is 33.3 Å². The molecule has 0 saturated heterocycles. The molecule has 5 rings (SSSR count). The zero-order valence-corrected chi connectivity index (χ0v) is 17.0. The molecule has 1 aromatic heterocycles. The maximum absolute atomic E-state index is 13.4. The van der Waals surface area contributed by atoms with Crippen molar-refractivity contribution in [3.8, 4) is 17.0 Å². The Morgan fingerprint density at radius 1 is 0.806 bits per heavy atom. The van der Waals surface area contributed by atoms with Crippen LogP contribution in [0.1, 0.15) is 10.4 Å². The Morgan fingerprint density at radius 2 is 1.52 bits per heavy atom. The Hall–Kier alpha value is -4.18. The number of carbonyl (C=O) groups excluding carboxylic acids is 1. The van der Waals surface area contributed by atoms with Crippen molar-refractivity contribution in [3.63, 3.8) is 0 Å². The summed E-state index contributed by atoms with van der Waals surface area (Å²) < 4.78 is 5.25. The van der Waals surface area contributed by atoms with Crippen molar-refractivity contribution in [2.24, 2.45) is 0 Å². The van der Waals surface area contributed by atoms with E-state index in [1.165, 1.54) is 0 Å². The standard InChI is InChI=1S/C27H20N2O2/c1-31-20-15-13-19(14-16-20)26-17-23(22-10-4-5-11-25(22)28-26)27(30)29-24-12-6-8-18-7-2-3-9-21(18)24/h2-17H,1H3,(H,29,30). The summed E-state index contributed by atoms with van der Waals surface area (Å²) in [4.78, 5) is 18.2. The fourth-order valence-corrected chi connectivity index (χ4v) is 3.80. The Morgan fingerprint density at radius 3 is 2.32 bits per heavy atom. The van der Waals surface area contributed by atoms with Gasteiger partial charge in [0.25, 0.3) is 5.91 Å². The molecule has 5 aromatic rings. The molecule has 0 aliphatic heterocycles. The van der Waals surface area contributed by atoms with Gasteiger partial charge in [0.1, 0.15) is 5.75 Å². The smallest absolute Gasteiger partial charge is 0.256 e. The lowest BCUT2D eigenvalue weighted by Gasteiger charge is -2.12. The minimum Gasteiger partial charge on any atom is -0.497 e. The summed E-state index contributed by atoms with van der Waals surface area (Å²) in [5, 5.41) is 6.01. The van der Waals surface area contributed by atoms with Gasteiger partial charge in [0.15, 0.2) is 0 Å². The first-order valence-corrected chi connectivity index (χ1v) is 10.1. The number of methoxy groups -OCH3 is 1. The topological polar surface area (TPSA) is 51.2 Å². The molecule has 0 aliphatic rings. The summed E-state index contributed by atoms with van der Waals surface area (Å²) in [5.41, 5.74) is 3.81. The Balaban J connectivity index is 1.60. The van der Waals surface area contributed by atoms with Gasteiger partial charge in [-0.2, -0.15) is 0 Å². The lowest BCUT2D eigenvalue weighted by Crippen LogP contribution is -2.13. The SMILES string of the molecule is COc1ccc(-c2cc(C(=O)Nc3cccc4ccccc34)c3ccccc3n2)cc1. The largest absolute Gasteiger partial charge is 0.497 e. The average Bonchev–Trinajstić information content (AvgIpc) is 2.83. The summed E-state index contributed by atoms with van der Waals surface area (Å²) >= 11 is 0. The van der Waals surface area contributed by atoms with Crippen LogP contribution in [0, 0.1) is 0 Å². The molecule has 0 radical (unpaired) electrons. The van der Waals surface area contributed by atoms with Crippen LogP contribution in [-0.4, -0.2) is 18.0 Å². The number of benzene rings is 4. The number of para-hydroxylation sites is 1. The number of carbonyl (C=O) groups is 1. The molecule has 0 bridgehead atoms. The molecule has 0 spiro atoms. The zero-order valence-electron chi connectivity index (χ0n) is 17.0. The van der Waals surface area contributed by atoms with E-state index in [0.717, 1.165) is 44.4 Å². The minimum atomic E-state index is -0.162. The first-order chi connectivity index (χ1) is 15.2.